The SMILES string of the molecule is CC(C)c1nc(Nc2cc(C(=O)O)nn2C)nc(-c2ccc(F)cc2)c1/C=C/[C@@H](O)C[C@@H](O)CC(=O)O. The van der Waals surface area contributed by atoms with Crippen molar-refractivity contribution in [2.75, 3.05) is 5.32 Å². The molecule has 0 aliphatic heterocycles. The van der Waals surface area contributed by atoms with Crippen LogP contribution in [-0.2, 0) is 11.8 Å². The molecule has 0 aliphatic carbocycles. The molecule has 0 saturated carbocycles. The van der Waals surface area contributed by atoms with E-state index in [-0.39, 0.29) is 24.0 Å². The van der Waals surface area contributed by atoms with Gasteiger partial charge in [0.15, 0.2) is 5.69 Å². The first-order chi connectivity index (χ1) is 17.4. The van der Waals surface area contributed by atoms with E-state index in [0.717, 1.165) is 0 Å². The zero-order chi connectivity index (χ0) is 27.3. The topological polar surface area (TPSA) is 171 Å². The number of aromatic nitrogens is 4. The van der Waals surface area contributed by atoms with Crippen LogP contribution in [0.15, 0.2) is 36.4 Å². The molecule has 1 aromatic carbocycles. The summed E-state index contributed by atoms with van der Waals surface area (Å²) in [4.78, 5) is 31.3. The van der Waals surface area contributed by atoms with Gasteiger partial charge in [-0.15, -0.1) is 0 Å². The average Bonchev–Trinajstić information content (AvgIpc) is 3.18. The van der Waals surface area contributed by atoms with Gasteiger partial charge in [-0.05, 0) is 30.2 Å². The quantitative estimate of drug-likeness (QED) is 0.256. The number of benzene rings is 1. The fourth-order valence-corrected chi connectivity index (χ4v) is 3.63. The zero-order valence-electron chi connectivity index (χ0n) is 20.5. The van der Waals surface area contributed by atoms with Gasteiger partial charge in [0.25, 0.3) is 0 Å². The molecule has 0 saturated heterocycles. The summed E-state index contributed by atoms with van der Waals surface area (Å²) in [5, 5.41) is 45.1. The van der Waals surface area contributed by atoms with Crippen LogP contribution in [-0.4, -0.2) is 64.3 Å². The van der Waals surface area contributed by atoms with Gasteiger partial charge in [-0.25, -0.2) is 19.2 Å². The summed E-state index contributed by atoms with van der Waals surface area (Å²) < 4.78 is 15.0. The van der Waals surface area contributed by atoms with Crippen LogP contribution in [0.2, 0.25) is 0 Å². The first kappa shape index (κ1) is 27.4. The largest absolute Gasteiger partial charge is 0.481 e. The van der Waals surface area contributed by atoms with Crippen molar-refractivity contribution in [3.05, 3.63) is 59.2 Å². The van der Waals surface area contributed by atoms with E-state index in [0.29, 0.717) is 28.3 Å². The molecule has 0 amide bonds. The molecule has 3 rings (SSSR count). The van der Waals surface area contributed by atoms with Crippen LogP contribution in [0.25, 0.3) is 17.3 Å². The van der Waals surface area contributed by atoms with Crippen LogP contribution < -0.4 is 5.32 Å². The van der Waals surface area contributed by atoms with Gasteiger partial charge in [0.1, 0.15) is 11.6 Å². The van der Waals surface area contributed by atoms with Gasteiger partial charge in [0.2, 0.25) is 5.95 Å². The Labute approximate surface area is 211 Å². The molecule has 5 N–H and O–H groups in total. The van der Waals surface area contributed by atoms with Crippen molar-refractivity contribution < 1.29 is 34.4 Å². The van der Waals surface area contributed by atoms with Crippen LogP contribution in [0.3, 0.4) is 0 Å². The maximum absolute atomic E-state index is 13.6. The monoisotopic (exact) mass is 513 g/mol. The summed E-state index contributed by atoms with van der Waals surface area (Å²) >= 11 is 0. The molecule has 0 aliphatic rings. The highest BCUT2D eigenvalue weighted by molar-refractivity contribution is 5.86. The number of aliphatic carboxylic acids is 1. The van der Waals surface area contributed by atoms with Crippen molar-refractivity contribution in [3.8, 4) is 11.3 Å². The molecular weight excluding hydrogens is 485 g/mol. The molecule has 0 radical (unpaired) electrons. The third-order valence-corrected chi connectivity index (χ3v) is 5.39. The lowest BCUT2D eigenvalue weighted by atomic mass is 9.97. The standard InChI is InChI=1S/C25H28FN5O6/c1-13(2)22-18(9-8-16(32)10-17(33)11-21(34)35)23(14-4-6-15(26)7-5-14)29-25(28-22)27-20-12-19(24(36)37)30-31(20)3/h4-9,12-13,16-17,32-33H,10-11H2,1-3H3,(H,34,35)(H,36,37)(H,27,28,29)/b9-8+/t16-,17-/m1/s1. The molecular formula is C25H28FN5O6. The molecule has 2 heterocycles. The normalized spacial score (nSPS) is 13.2. The lowest BCUT2D eigenvalue weighted by molar-refractivity contribution is -0.139. The molecule has 0 spiro atoms. The summed E-state index contributed by atoms with van der Waals surface area (Å²) in [6.45, 7) is 3.80. The molecule has 2 atom stereocenters. The van der Waals surface area contributed by atoms with E-state index in [4.69, 9.17) is 5.11 Å². The number of anilines is 2. The van der Waals surface area contributed by atoms with Crippen molar-refractivity contribution in [2.24, 2.45) is 7.05 Å². The molecule has 2 aromatic heterocycles. The van der Waals surface area contributed by atoms with Gasteiger partial charge in [0, 0.05) is 30.7 Å². The van der Waals surface area contributed by atoms with Crippen molar-refractivity contribution >= 4 is 29.8 Å². The number of nitrogens with one attached hydrogen (secondary N) is 1. The maximum Gasteiger partial charge on any atom is 0.356 e. The molecule has 37 heavy (non-hydrogen) atoms. The summed E-state index contributed by atoms with van der Waals surface area (Å²) in [5.41, 5.74) is 1.93. The summed E-state index contributed by atoms with van der Waals surface area (Å²) in [6, 6.07) is 6.99. The summed E-state index contributed by atoms with van der Waals surface area (Å²) in [6.07, 6.45) is -0.0471. The van der Waals surface area contributed by atoms with Gasteiger partial charge in [0.05, 0.1) is 30.0 Å². The molecule has 0 fully saturated rings. The van der Waals surface area contributed by atoms with Crippen LogP contribution in [0.1, 0.15) is 54.4 Å². The predicted octanol–water partition coefficient (Wildman–Crippen LogP) is 3.18. The minimum absolute atomic E-state index is 0.127. The number of hydrogen-bond donors (Lipinski definition) is 5. The maximum atomic E-state index is 13.6. The van der Waals surface area contributed by atoms with E-state index >= 15 is 0 Å². The number of hydrogen-bond acceptors (Lipinski definition) is 8. The third-order valence-electron chi connectivity index (χ3n) is 5.39. The number of aryl methyl sites for hydroxylation is 1. The van der Waals surface area contributed by atoms with E-state index in [9.17, 15) is 29.3 Å². The van der Waals surface area contributed by atoms with Gasteiger partial charge in [-0.2, -0.15) is 5.10 Å². The van der Waals surface area contributed by atoms with E-state index in [2.05, 4.69) is 20.4 Å². The van der Waals surface area contributed by atoms with Gasteiger partial charge < -0.3 is 25.7 Å². The van der Waals surface area contributed by atoms with Crippen LogP contribution in [0, 0.1) is 5.82 Å². The number of carboxylic acid groups (broad SMARTS) is 2. The van der Waals surface area contributed by atoms with Crippen molar-refractivity contribution in [1.82, 2.24) is 19.7 Å². The van der Waals surface area contributed by atoms with Crippen LogP contribution >= 0.6 is 0 Å². The summed E-state index contributed by atoms with van der Waals surface area (Å²) in [5.74, 6) is -2.44. The fraction of sp³-hybridized carbons (Fsp3) is 0.320. The molecule has 0 unspecified atom stereocenters. The predicted molar refractivity (Wildman–Crippen MR) is 133 cm³/mol. The minimum atomic E-state index is -1.23. The Morgan fingerprint density at radius 3 is 2.38 bits per heavy atom. The Balaban J connectivity index is 2.06. The van der Waals surface area contributed by atoms with Crippen LogP contribution in [0.4, 0.5) is 16.2 Å². The van der Waals surface area contributed by atoms with E-state index in [1.807, 2.05) is 13.8 Å². The smallest absolute Gasteiger partial charge is 0.356 e. The molecule has 12 heteroatoms. The zero-order valence-corrected chi connectivity index (χ0v) is 20.5. The Bertz CT molecular complexity index is 1310. The van der Waals surface area contributed by atoms with Gasteiger partial charge in [-0.1, -0.05) is 26.0 Å². The number of carbonyl (C=O) groups is 2. The van der Waals surface area contributed by atoms with Gasteiger partial charge >= 0.3 is 11.9 Å². The number of halogens is 1. The fourth-order valence-electron chi connectivity index (χ4n) is 3.63. The highest BCUT2D eigenvalue weighted by Gasteiger charge is 2.20. The number of nitrogens with zero attached hydrogens (tertiary/aromatic N) is 4. The summed E-state index contributed by atoms with van der Waals surface area (Å²) in [7, 11) is 1.57. The third kappa shape index (κ3) is 7.18. The second-order valence-corrected chi connectivity index (χ2v) is 8.74. The first-order valence-electron chi connectivity index (χ1n) is 11.4. The highest BCUT2D eigenvalue weighted by atomic mass is 19.1. The highest BCUT2D eigenvalue weighted by Crippen LogP contribution is 2.31. The number of aliphatic hydroxyl groups excluding tert-OH is 2. The number of rotatable bonds is 11. The second-order valence-electron chi connectivity index (χ2n) is 8.74. The van der Waals surface area contributed by atoms with E-state index in [1.165, 1.54) is 29.0 Å². The Hall–Kier alpha value is -4.16. The lowest BCUT2D eigenvalue weighted by Gasteiger charge is -2.17. The molecule has 3 aromatic rings. The van der Waals surface area contributed by atoms with Crippen molar-refractivity contribution in [3.63, 3.8) is 0 Å². The molecule has 11 nitrogen and oxygen atoms in total. The Morgan fingerprint density at radius 1 is 1.14 bits per heavy atom. The van der Waals surface area contributed by atoms with Crippen LogP contribution in [0.5, 0.6) is 0 Å². The number of aromatic carboxylic acids is 1. The Kier molecular flexibility index (Phi) is 8.69. The lowest BCUT2D eigenvalue weighted by Crippen LogP contribution is -2.19. The molecule has 0 bridgehead atoms. The average molecular weight is 514 g/mol. The molecule has 196 valence electrons. The van der Waals surface area contributed by atoms with Crippen molar-refractivity contribution in [1.29, 1.82) is 0 Å². The number of aliphatic hydroxyl groups is 2. The minimum Gasteiger partial charge on any atom is -0.481 e. The van der Waals surface area contributed by atoms with Crippen molar-refractivity contribution in [2.45, 2.75) is 44.8 Å². The first-order valence-corrected chi connectivity index (χ1v) is 11.4. The Morgan fingerprint density at radius 2 is 1.81 bits per heavy atom. The van der Waals surface area contributed by atoms with E-state index in [1.54, 1.807) is 25.3 Å². The number of carboxylic acids is 2. The van der Waals surface area contributed by atoms with E-state index < -0.39 is 36.4 Å². The van der Waals surface area contributed by atoms with Gasteiger partial charge in [-0.3, -0.25) is 9.48 Å². The second kappa shape index (κ2) is 11.7.